The van der Waals surface area contributed by atoms with Crippen molar-refractivity contribution in [2.24, 2.45) is 5.73 Å². The highest BCUT2D eigenvalue weighted by atomic mass is 15.0. The summed E-state index contributed by atoms with van der Waals surface area (Å²) in [6.45, 7) is 3.57. The van der Waals surface area contributed by atoms with Gasteiger partial charge in [0.15, 0.2) is 0 Å². The normalized spacial score (nSPS) is 12.1. The van der Waals surface area contributed by atoms with E-state index in [4.69, 9.17) is 5.73 Å². The van der Waals surface area contributed by atoms with Crippen LogP contribution in [0.15, 0.2) is 43.0 Å². The Morgan fingerprint density at radius 3 is 2.55 bits per heavy atom. The lowest BCUT2D eigenvalue weighted by Crippen LogP contribution is -2.26. The average Bonchev–Trinajstić information content (AvgIpc) is 2.06. The summed E-state index contributed by atoms with van der Waals surface area (Å²) in [6, 6.07) is 9.80. The molecule has 0 saturated heterocycles. The molecule has 1 aromatic rings. The highest BCUT2D eigenvalue weighted by molar-refractivity contribution is 5.43. The first kappa shape index (κ1) is 7.82. The maximum Gasteiger partial charge on any atom is 0.0932 e. The quantitative estimate of drug-likeness (QED) is 0.504. The minimum atomic E-state index is -0.169. The number of anilines is 1. The van der Waals surface area contributed by atoms with Gasteiger partial charge in [-0.2, -0.15) is 0 Å². The molecule has 2 heteroatoms. The summed E-state index contributed by atoms with van der Waals surface area (Å²) in [5.74, 6) is 0. The van der Waals surface area contributed by atoms with Gasteiger partial charge in [0.25, 0.3) is 0 Å². The Morgan fingerprint density at radius 1 is 1.36 bits per heavy atom. The predicted molar refractivity (Wildman–Crippen MR) is 48.2 cm³/mol. The SMILES string of the molecule is C=CC(N)Nc1ccccc1. The molecule has 58 valence electrons. The van der Waals surface area contributed by atoms with E-state index in [-0.39, 0.29) is 6.17 Å². The van der Waals surface area contributed by atoms with Crippen molar-refractivity contribution in [3.05, 3.63) is 43.0 Å². The number of hydrogen-bond acceptors (Lipinski definition) is 2. The van der Waals surface area contributed by atoms with Crippen LogP contribution < -0.4 is 11.1 Å². The molecule has 3 N–H and O–H groups in total. The third-order valence-corrected chi connectivity index (χ3v) is 1.36. The van der Waals surface area contributed by atoms with Crippen molar-refractivity contribution >= 4 is 5.69 Å². The summed E-state index contributed by atoms with van der Waals surface area (Å²) >= 11 is 0. The molecular weight excluding hydrogens is 136 g/mol. The van der Waals surface area contributed by atoms with Crippen LogP contribution in [-0.2, 0) is 0 Å². The van der Waals surface area contributed by atoms with Gasteiger partial charge >= 0.3 is 0 Å². The molecule has 0 aromatic heterocycles. The molecule has 1 unspecified atom stereocenters. The smallest absolute Gasteiger partial charge is 0.0932 e. The summed E-state index contributed by atoms with van der Waals surface area (Å²) in [5.41, 5.74) is 6.59. The van der Waals surface area contributed by atoms with Gasteiger partial charge in [0.2, 0.25) is 0 Å². The predicted octanol–water partition coefficient (Wildman–Crippen LogP) is 1.57. The molecule has 0 aliphatic rings. The summed E-state index contributed by atoms with van der Waals surface area (Å²) in [6.07, 6.45) is 1.49. The Labute approximate surface area is 66.7 Å². The summed E-state index contributed by atoms with van der Waals surface area (Å²) in [5, 5.41) is 3.05. The third-order valence-electron chi connectivity index (χ3n) is 1.36. The topological polar surface area (TPSA) is 38.0 Å². The number of benzene rings is 1. The Kier molecular flexibility index (Phi) is 2.69. The lowest BCUT2D eigenvalue weighted by molar-refractivity contribution is 0.946. The number of hydrogen-bond donors (Lipinski definition) is 2. The largest absolute Gasteiger partial charge is 0.367 e. The van der Waals surface area contributed by atoms with Crippen LogP contribution in [0.2, 0.25) is 0 Å². The van der Waals surface area contributed by atoms with Crippen LogP contribution in [0.25, 0.3) is 0 Å². The van der Waals surface area contributed by atoms with E-state index < -0.39 is 0 Å². The number of nitrogens with two attached hydrogens (primary N) is 1. The van der Waals surface area contributed by atoms with Crippen LogP contribution in [0, 0.1) is 0 Å². The Morgan fingerprint density at radius 2 is 2.00 bits per heavy atom. The van der Waals surface area contributed by atoms with Crippen LogP contribution in [0.3, 0.4) is 0 Å². The second-order valence-electron chi connectivity index (χ2n) is 2.27. The van der Waals surface area contributed by atoms with Crippen molar-refractivity contribution in [1.29, 1.82) is 0 Å². The van der Waals surface area contributed by atoms with Crippen molar-refractivity contribution in [2.45, 2.75) is 6.17 Å². The third kappa shape index (κ3) is 2.43. The zero-order chi connectivity index (χ0) is 8.10. The molecule has 0 aliphatic carbocycles. The lowest BCUT2D eigenvalue weighted by atomic mass is 10.3. The van der Waals surface area contributed by atoms with E-state index in [1.165, 1.54) is 0 Å². The first-order chi connectivity index (χ1) is 5.33. The molecule has 0 saturated carbocycles. The molecule has 2 nitrogen and oxygen atoms in total. The van der Waals surface area contributed by atoms with Crippen molar-refractivity contribution < 1.29 is 0 Å². The zero-order valence-corrected chi connectivity index (χ0v) is 6.33. The Hall–Kier alpha value is -1.28. The number of para-hydroxylation sites is 1. The average molecular weight is 148 g/mol. The van der Waals surface area contributed by atoms with Crippen molar-refractivity contribution in [3.63, 3.8) is 0 Å². The van der Waals surface area contributed by atoms with Crippen LogP contribution in [0.5, 0.6) is 0 Å². The standard InChI is InChI=1S/C9H12N2/c1-2-9(10)11-8-6-4-3-5-7-8/h2-7,9,11H,1,10H2. The Balaban J connectivity index is 2.57. The number of rotatable bonds is 3. The summed E-state index contributed by atoms with van der Waals surface area (Å²) < 4.78 is 0. The van der Waals surface area contributed by atoms with E-state index in [9.17, 15) is 0 Å². The van der Waals surface area contributed by atoms with E-state index >= 15 is 0 Å². The fourth-order valence-corrected chi connectivity index (χ4v) is 0.786. The van der Waals surface area contributed by atoms with E-state index in [2.05, 4.69) is 11.9 Å². The van der Waals surface area contributed by atoms with Gasteiger partial charge in [0, 0.05) is 5.69 Å². The summed E-state index contributed by atoms with van der Waals surface area (Å²) in [4.78, 5) is 0. The van der Waals surface area contributed by atoms with Gasteiger partial charge < -0.3 is 11.1 Å². The first-order valence-electron chi connectivity index (χ1n) is 3.52. The molecule has 0 spiro atoms. The van der Waals surface area contributed by atoms with E-state index in [1.54, 1.807) is 6.08 Å². The van der Waals surface area contributed by atoms with Gasteiger partial charge in [0.05, 0.1) is 6.17 Å². The molecule has 1 atom stereocenters. The van der Waals surface area contributed by atoms with E-state index in [0.717, 1.165) is 5.69 Å². The molecule has 0 heterocycles. The summed E-state index contributed by atoms with van der Waals surface area (Å²) in [7, 11) is 0. The fraction of sp³-hybridized carbons (Fsp3) is 0.111. The van der Waals surface area contributed by atoms with Crippen LogP contribution >= 0.6 is 0 Å². The first-order valence-corrected chi connectivity index (χ1v) is 3.52. The second kappa shape index (κ2) is 3.78. The van der Waals surface area contributed by atoms with Crippen molar-refractivity contribution in [2.75, 3.05) is 5.32 Å². The molecule has 0 bridgehead atoms. The molecule has 0 fully saturated rings. The van der Waals surface area contributed by atoms with Gasteiger partial charge in [-0.25, -0.2) is 0 Å². The minimum Gasteiger partial charge on any atom is -0.367 e. The molecule has 0 aliphatic heterocycles. The molecule has 0 amide bonds. The van der Waals surface area contributed by atoms with Crippen molar-refractivity contribution in [3.8, 4) is 0 Å². The van der Waals surface area contributed by atoms with Crippen LogP contribution in [0.4, 0.5) is 5.69 Å². The van der Waals surface area contributed by atoms with Gasteiger partial charge in [0.1, 0.15) is 0 Å². The molecule has 1 aromatic carbocycles. The van der Waals surface area contributed by atoms with E-state index in [0.29, 0.717) is 0 Å². The molecule has 1 rings (SSSR count). The molecular formula is C9H12N2. The second-order valence-corrected chi connectivity index (χ2v) is 2.27. The molecule has 11 heavy (non-hydrogen) atoms. The highest BCUT2D eigenvalue weighted by Crippen LogP contribution is 2.04. The lowest BCUT2D eigenvalue weighted by Gasteiger charge is -2.09. The zero-order valence-electron chi connectivity index (χ0n) is 6.33. The fourth-order valence-electron chi connectivity index (χ4n) is 0.786. The minimum absolute atomic E-state index is 0.169. The van der Waals surface area contributed by atoms with Gasteiger partial charge in [-0.3, -0.25) is 0 Å². The van der Waals surface area contributed by atoms with Crippen molar-refractivity contribution in [1.82, 2.24) is 0 Å². The van der Waals surface area contributed by atoms with Gasteiger partial charge in [-0.05, 0) is 12.1 Å². The maximum atomic E-state index is 5.58. The highest BCUT2D eigenvalue weighted by Gasteiger charge is 1.93. The maximum absolute atomic E-state index is 5.58. The number of nitrogens with one attached hydrogen (secondary N) is 1. The van der Waals surface area contributed by atoms with Gasteiger partial charge in [-0.15, -0.1) is 0 Å². The Bertz CT molecular complexity index is 218. The van der Waals surface area contributed by atoms with Gasteiger partial charge in [-0.1, -0.05) is 30.9 Å². The van der Waals surface area contributed by atoms with E-state index in [1.807, 2.05) is 30.3 Å². The van der Waals surface area contributed by atoms with Crippen LogP contribution in [-0.4, -0.2) is 6.17 Å². The molecule has 0 radical (unpaired) electrons. The monoisotopic (exact) mass is 148 g/mol. The van der Waals surface area contributed by atoms with Crippen LogP contribution in [0.1, 0.15) is 0 Å².